The number of carbonyl (C=O) groups is 1. The number of amides is 2. The van der Waals surface area contributed by atoms with Gasteiger partial charge in [0, 0.05) is 11.8 Å². The number of nitrogens with zero attached hydrogens (tertiary/aromatic N) is 2. The molecule has 0 aliphatic rings. The SMILES string of the molecule is CON(OC)C(=O)N(Cl)Cc1ccccc1. The molecular weight excluding hydrogens is 232 g/mol. The first-order valence-corrected chi connectivity index (χ1v) is 4.92. The summed E-state index contributed by atoms with van der Waals surface area (Å²) in [7, 11) is 2.63. The standard InChI is InChI=1S/C10H13ClN2O3/c1-15-13(16-2)10(14)12(11)8-9-6-4-3-5-7-9/h3-7H,8H2,1-2H3. The van der Waals surface area contributed by atoms with Crippen LogP contribution >= 0.6 is 11.8 Å². The summed E-state index contributed by atoms with van der Waals surface area (Å²) in [6.45, 7) is 0.268. The Morgan fingerprint density at radius 3 is 2.31 bits per heavy atom. The van der Waals surface area contributed by atoms with Crippen molar-refractivity contribution in [3.05, 3.63) is 35.9 Å². The molecule has 0 radical (unpaired) electrons. The van der Waals surface area contributed by atoms with Gasteiger partial charge in [-0.1, -0.05) is 35.6 Å². The predicted molar refractivity (Wildman–Crippen MR) is 59.1 cm³/mol. The Balaban J connectivity index is 2.58. The van der Waals surface area contributed by atoms with Gasteiger partial charge < -0.3 is 0 Å². The molecule has 1 aromatic rings. The summed E-state index contributed by atoms with van der Waals surface area (Å²) < 4.78 is 0.975. The molecule has 0 N–H and O–H groups in total. The van der Waals surface area contributed by atoms with Gasteiger partial charge in [0.15, 0.2) is 0 Å². The fourth-order valence-corrected chi connectivity index (χ4v) is 1.33. The molecule has 5 nitrogen and oxygen atoms in total. The van der Waals surface area contributed by atoms with Crippen molar-refractivity contribution in [2.45, 2.75) is 6.54 Å². The van der Waals surface area contributed by atoms with Crippen LogP contribution < -0.4 is 0 Å². The van der Waals surface area contributed by atoms with Gasteiger partial charge in [0.1, 0.15) is 0 Å². The number of urea groups is 1. The molecule has 0 unspecified atom stereocenters. The third-order valence-electron chi connectivity index (χ3n) is 1.86. The van der Waals surface area contributed by atoms with Crippen LogP contribution in [0.3, 0.4) is 0 Å². The average molecular weight is 245 g/mol. The Bertz CT molecular complexity index is 330. The minimum Gasteiger partial charge on any atom is -0.248 e. The van der Waals surface area contributed by atoms with E-state index in [-0.39, 0.29) is 6.54 Å². The highest BCUT2D eigenvalue weighted by molar-refractivity contribution is 6.20. The lowest BCUT2D eigenvalue weighted by Crippen LogP contribution is -2.36. The molecule has 0 aromatic heterocycles. The van der Waals surface area contributed by atoms with Crippen LogP contribution in [0.4, 0.5) is 4.79 Å². The Morgan fingerprint density at radius 1 is 1.25 bits per heavy atom. The Morgan fingerprint density at radius 2 is 1.81 bits per heavy atom. The summed E-state index contributed by atoms with van der Waals surface area (Å²) in [6.07, 6.45) is 0. The molecule has 0 fully saturated rings. The number of hydrogen-bond acceptors (Lipinski definition) is 3. The van der Waals surface area contributed by atoms with E-state index in [1.165, 1.54) is 14.2 Å². The molecule has 0 saturated heterocycles. The van der Waals surface area contributed by atoms with Gasteiger partial charge in [-0.05, 0) is 5.56 Å². The maximum absolute atomic E-state index is 11.6. The Labute approximate surface area is 99.1 Å². The van der Waals surface area contributed by atoms with Crippen molar-refractivity contribution in [1.82, 2.24) is 9.65 Å². The summed E-state index contributed by atoms with van der Waals surface area (Å²) in [5.41, 5.74) is 0.915. The van der Waals surface area contributed by atoms with Crippen LogP contribution in [0.1, 0.15) is 5.56 Å². The number of hydrogen-bond donors (Lipinski definition) is 0. The van der Waals surface area contributed by atoms with Crippen molar-refractivity contribution >= 4 is 17.8 Å². The van der Waals surface area contributed by atoms with Crippen LogP contribution in [0.2, 0.25) is 0 Å². The van der Waals surface area contributed by atoms with Crippen molar-refractivity contribution in [3.63, 3.8) is 0 Å². The second-order valence-corrected chi connectivity index (χ2v) is 3.32. The molecule has 16 heavy (non-hydrogen) atoms. The van der Waals surface area contributed by atoms with Gasteiger partial charge in [0.05, 0.1) is 20.8 Å². The van der Waals surface area contributed by atoms with E-state index in [0.717, 1.165) is 9.98 Å². The number of hydroxylamine groups is 2. The van der Waals surface area contributed by atoms with Gasteiger partial charge >= 0.3 is 6.03 Å². The van der Waals surface area contributed by atoms with E-state index in [4.69, 9.17) is 11.8 Å². The second-order valence-electron chi connectivity index (χ2n) is 2.91. The van der Waals surface area contributed by atoms with E-state index < -0.39 is 6.03 Å². The minimum absolute atomic E-state index is 0.268. The highest BCUT2D eigenvalue weighted by atomic mass is 35.5. The molecule has 0 saturated carbocycles. The Hall–Kier alpha value is -1.30. The lowest BCUT2D eigenvalue weighted by Gasteiger charge is -2.21. The largest absolute Gasteiger partial charge is 0.384 e. The maximum atomic E-state index is 11.6. The van der Waals surface area contributed by atoms with Crippen LogP contribution in [0.25, 0.3) is 0 Å². The normalized spacial score (nSPS) is 9.94. The van der Waals surface area contributed by atoms with Crippen LogP contribution in [0.15, 0.2) is 30.3 Å². The molecule has 0 bridgehead atoms. The lowest BCUT2D eigenvalue weighted by molar-refractivity contribution is -0.301. The number of rotatable bonds is 4. The van der Waals surface area contributed by atoms with E-state index in [0.29, 0.717) is 5.23 Å². The zero-order valence-electron chi connectivity index (χ0n) is 9.09. The summed E-state index contributed by atoms with van der Waals surface area (Å²) >= 11 is 5.80. The number of carbonyl (C=O) groups excluding carboxylic acids is 1. The summed E-state index contributed by atoms with van der Waals surface area (Å²) in [4.78, 5) is 20.9. The van der Waals surface area contributed by atoms with Gasteiger partial charge in [0.25, 0.3) is 0 Å². The smallest absolute Gasteiger partial charge is 0.248 e. The monoisotopic (exact) mass is 244 g/mol. The molecule has 1 aromatic carbocycles. The minimum atomic E-state index is -0.587. The average Bonchev–Trinajstić information content (AvgIpc) is 2.31. The van der Waals surface area contributed by atoms with Gasteiger partial charge in [-0.2, -0.15) is 0 Å². The lowest BCUT2D eigenvalue weighted by atomic mass is 10.2. The molecule has 6 heteroatoms. The molecule has 1 rings (SSSR count). The van der Waals surface area contributed by atoms with Crippen molar-refractivity contribution in [2.24, 2.45) is 0 Å². The highest BCUT2D eigenvalue weighted by Crippen LogP contribution is 2.10. The van der Waals surface area contributed by atoms with Crippen molar-refractivity contribution in [3.8, 4) is 0 Å². The summed E-state index contributed by atoms with van der Waals surface area (Å²) in [5.74, 6) is 0. The van der Waals surface area contributed by atoms with E-state index in [2.05, 4.69) is 9.68 Å². The fourth-order valence-electron chi connectivity index (χ4n) is 1.13. The first kappa shape index (κ1) is 12.8. The maximum Gasteiger partial charge on any atom is 0.384 e. The van der Waals surface area contributed by atoms with Crippen molar-refractivity contribution in [2.75, 3.05) is 14.2 Å². The van der Waals surface area contributed by atoms with E-state index in [1.807, 2.05) is 30.3 Å². The van der Waals surface area contributed by atoms with Crippen LogP contribution in [-0.2, 0) is 16.2 Å². The molecule has 0 atom stereocenters. The van der Waals surface area contributed by atoms with Gasteiger partial charge in [-0.25, -0.2) is 18.9 Å². The summed E-state index contributed by atoms with van der Waals surface area (Å²) in [5, 5.41) is 0.690. The highest BCUT2D eigenvalue weighted by Gasteiger charge is 2.20. The van der Waals surface area contributed by atoms with Crippen LogP contribution in [0, 0.1) is 0 Å². The molecular formula is C10H13ClN2O3. The summed E-state index contributed by atoms with van der Waals surface area (Å²) in [6, 6.07) is 8.78. The van der Waals surface area contributed by atoms with Crippen LogP contribution in [-0.4, -0.2) is 29.9 Å². The van der Waals surface area contributed by atoms with Gasteiger partial charge in [0.2, 0.25) is 0 Å². The van der Waals surface area contributed by atoms with E-state index >= 15 is 0 Å². The molecule has 0 aliphatic heterocycles. The first-order valence-electron chi connectivity index (χ1n) is 4.58. The number of halogens is 1. The molecule has 0 spiro atoms. The number of benzene rings is 1. The topological polar surface area (TPSA) is 42.0 Å². The first-order chi connectivity index (χ1) is 7.69. The fraction of sp³-hybridized carbons (Fsp3) is 0.300. The van der Waals surface area contributed by atoms with Crippen molar-refractivity contribution in [1.29, 1.82) is 0 Å². The zero-order chi connectivity index (χ0) is 12.0. The van der Waals surface area contributed by atoms with Gasteiger partial charge in [-0.3, -0.25) is 0 Å². The zero-order valence-corrected chi connectivity index (χ0v) is 9.85. The Kier molecular flexibility index (Phi) is 5.04. The van der Waals surface area contributed by atoms with E-state index in [9.17, 15) is 4.79 Å². The predicted octanol–water partition coefficient (Wildman–Crippen LogP) is 2.19. The van der Waals surface area contributed by atoms with Crippen molar-refractivity contribution < 1.29 is 14.5 Å². The quantitative estimate of drug-likeness (QED) is 0.602. The molecule has 88 valence electrons. The third-order valence-corrected chi connectivity index (χ3v) is 2.12. The molecule has 2 amide bonds. The van der Waals surface area contributed by atoms with Crippen LogP contribution in [0.5, 0.6) is 0 Å². The molecule has 0 heterocycles. The molecule has 0 aliphatic carbocycles. The second kappa shape index (κ2) is 6.32. The van der Waals surface area contributed by atoms with E-state index in [1.54, 1.807) is 0 Å². The third kappa shape index (κ3) is 3.37. The van der Waals surface area contributed by atoms with Gasteiger partial charge in [-0.15, -0.1) is 0 Å².